The molecule has 2 rings (SSSR count). The zero-order valence-electron chi connectivity index (χ0n) is 7.91. The molecule has 1 unspecified atom stereocenters. The fourth-order valence-corrected chi connectivity index (χ4v) is 2.05. The molecule has 0 radical (unpaired) electrons. The highest BCUT2D eigenvalue weighted by Gasteiger charge is 2.34. The van der Waals surface area contributed by atoms with Gasteiger partial charge in [-0.1, -0.05) is 11.8 Å². The molecule has 15 heavy (non-hydrogen) atoms. The lowest BCUT2D eigenvalue weighted by Crippen LogP contribution is -2.17. The van der Waals surface area contributed by atoms with Gasteiger partial charge in [0.25, 0.3) is 0 Å². The van der Waals surface area contributed by atoms with Crippen LogP contribution in [0.5, 0.6) is 0 Å². The van der Waals surface area contributed by atoms with Crippen molar-refractivity contribution in [1.29, 1.82) is 0 Å². The number of hydrogen-bond acceptors (Lipinski definition) is 7. The first-order valence-corrected chi connectivity index (χ1v) is 5.23. The standard InChI is InChI=1S/C7H8N4O3S/c1-11-7(8-9-10-11)15-3-4-2-14-6(13)5(4)12/h4H,2-3H2,1H3. The molecule has 2 heterocycles. The second-order valence-corrected chi connectivity index (χ2v) is 4.04. The highest BCUT2D eigenvalue weighted by atomic mass is 32.2. The molecule has 0 bridgehead atoms. The Hall–Kier alpha value is -1.44. The number of rotatable bonds is 3. The van der Waals surface area contributed by atoms with Crippen LogP contribution in [0.15, 0.2) is 5.16 Å². The van der Waals surface area contributed by atoms with Crippen LogP contribution in [0.4, 0.5) is 0 Å². The molecule has 0 spiro atoms. The summed E-state index contributed by atoms with van der Waals surface area (Å²) in [5.41, 5.74) is 0. The molecular weight excluding hydrogens is 220 g/mol. The van der Waals surface area contributed by atoms with Crippen LogP contribution in [0.1, 0.15) is 0 Å². The van der Waals surface area contributed by atoms with Gasteiger partial charge < -0.3 is 4.74 Å². The van der Waals surface area contributed by atoms with Crippen molar-refractivity contribution in [1.82, 2.24) is 20.2 Å². The van der Waals surface area contributed by atoms with Crippen LogP contribution in [0, 0.1) is 5.92 Å². The van der Waals surface area contributed by atoms with E-state index in [1.165, 1.54) is 16.4 Å². The Morgan fingerprint density at radius 1 is 1.60 bits per heavy atom. The van der Waals surface area contributed by atoms with Crippen molar-refractivity contribution in [3.63, 3.8) is 0 Å². The van der Waals surface area contributed by atoms with E-state index >= 15 is 0 Å². The summed E-state index contributed by atoms with van der Waals surface area (Å²) in [7, 11) is 1.71. The van der Waals surface area contributed by atoms with E-state index in [1.54, 1.807) is 7.05 Å². The van der Waals surface area contributed by atoms with Gasteiger partial charge in [0.15, 0.2) is 0 Å². The van der Waals surface area contributed by atoms with Crippen LogP contribution in [0.2, 0.25) is 0 Å². The van der Waals surface area contributed by atoms with Gasteiger partial charge in [-0.3, -0.25) is 4.79 Å². The van der Waals surface area contributed by atoms with Gasteiger partial charge in [-0.05, 0) is 10.4 Å². The van der Waals surface area contributed by atoms with Crippen molar-refractivity contribution >= 4 is 23.5 Å². The molecule has 1 aliphatic rings. The highest BCUT2D eigenvalue weighted by molar-refractivity contribution is 7.99. The van der Waals surface area contributed by atoms with E-state index in [4.69, 9.17) is 0 Å². The van der Waals surface area contributed by atoms with E-state index in [0.717, 1.165) is 0 Å². The maximum absolute atomic E-state index is 11.2. The fourth-order valence-electron chi connectivity index (χ4n) is 1.13. The predicted molar refractivity (Wildman–Crippen MR) is 49.0 cm³/mol. The molecule has 0 amide bonds. The van der Waals surface area contributed by atoms with Gasteiger partial charge in [0.1, 0.15) is 6.61 Å². The topological polar surface area (TPSA) is 87.0 Å². The molecule has 80 valence electrons. The monoisotopic (exact) mass is 228 g/mol. The molecular formula is C7H8N4O3S. The summed E-state index contributed by atoms with van der Waals surface area (Å²) >= 11 is 1.33. The minimum Gasteiger partial charge on any atom is -0.459 e. The number of Topliss-reactive ketones (excluding diaryl/α,β-unsaturated/α-hetero) is 1. The van der Waals surface area contributed by atoms with Crippen molar-refractivity contribution in [2.24, 2.45) is 13.0 Å². The van der Waals surface area contributed by atoms with Crippen LogP contribution in [0.25, 0.3) is 0 Å². The quantitative estimate of drug-likeness (QED) is 0.374. The molecule has 0 aliphatic carbocycles. The summed E-state index contributed by atoms with van der Waals surface area (Å²) in [6.07, 6.45) is 0. The number of esters is 1. The Kier molecular flexibility index (Phi) is 2.67. The number of aryl methyl sites for hydroxylation is 1. The first-order valence-electron chi connectivity index (χ1n) is 4.24. The summed E-state index contributed by atoms with van der Waals surface area (Å²) < 4.78 is 6.12. The third-order valence-electron chi connectivity index (χ3n) is 1.98. The molecule has 1 aliphatic heterocycles. The maximum Gasteiger partial charge on any atom is 0.375 e. The van der Waals surface area contributed by atoms with Crippen LogP contribution < -0.4 is 0 Å². The average Bonchev–Trinajstić information content (AvgIpc) is 2.74. The average molecular weight is 228 g/mol. The smallest absolute Gasteiger partial charge is 0.375 e. The molecule has 8 heteroatoms. The Bertz CT molecular complexity index is 405. The number of hydrogen-bond donors (Lipinski definition) is 0. The van der Waals surface area contributed by atoms with Crippen molar-refractivity contribution in [3.05, 3.63) is 0 Å². The van der Waals surface area contributed by atoms with Gasteiger partial charge in [-0.25, -0.2) is 9.48 Å². The van der Waals surface area contributed by atoms with E-state index in [9.17, 15) is 9.59 Å². The zero-order chi connectivity index (χ0) is 10.8. The van der Waals surface area contributed by atoms with Gasteiger partial charge in [0.2, 0.25) is 10.9 Å². The van der Waals surface area contributed by atoms with Crippen molar-refractivity contribution in [2.45, 2.75) is 5.16 Å². The molecule has 0 aromatic carbocycles. The highest BCUT2D eigenvalue weighted by Crippen LogP contribution is 2.20. The van der Waals surface area contributed by atoms with E-state index < -0.39 is 11.8 Å². The fraction of sp³-hybridized carbons (Fsp3) is 0.571. The number of tetrazole rings is 1. The zero-order valence-corrected chi connectivity index (χ0v) is 8.73. The first kappa shape index (κ1) is 10.1. The number of ether oxygens (including phenoxy) is 1. The third-order valence-corrected chi connectivity index (χ3v) is 3.16. The van der Waals surface area contributed by atoms with E-state index in [-0.39, 0.29) is 12.5 Å². The minimum absolute atomic E-state index is 0.163. The molecule has 7 nitrogen and oxygen atoms in total. The lowest BCUT2D eigenvalue weighted by molar-refractivity contribution is -0.147. The van der Waals surface area contributed by atoms with Crippen LogP contribution in [-0.4, -0.2) is 44.3 Å². The molecule has 0 saturated carbocycles. The summed E-state index contributed by atoms with van der Waals surface area (Å²) in [6, 6.07) is 0. The maximum atomic E-state index is 11.2. The molecule has 1 saturated heterocycles. The second kappa shape index (κ2) is 3.97. The van der Waals surface area contributed by atoms with Crippen molar-refractivity contribution < 1.29 is 14.3 Å². The number of carbonyl (C=O) groups excluding carboxylic acids is 2. The number of aromatic nitrogens is 4. The molecule has 1 aromatic rings. The van der Waals surface area contributed by atoms with E-state index in [0.29, 0.717) is 10.9 Å². The van der Waals surface area contributed by atoms with E-state index in [1.807, 2.05) is 0 Å². The van der Waals surface area contributed by atoms with Crippen molar-refractivity contribution in [2.75, 3.05) is 12.4 Å². The lowest BCUT2D eigenvalue weighted by atomic mass is 10.1. The third kappa shape index (κ3) is 1.99. The second-order valence-electron chi connectivity index (χ2n) is 3.06. The first-order chi connectivity index (χ1) is 7.18. The number of carbonyl (C=O) groups is 2. The Balaban J connectivity index is 1.92. The normalized spacial score (nSPS) is 20.7. The van der Waals surface area contributed by atoms with Gasteiger partial charge in [0, 0.05) is 12.8 Å². The van der Waals surface area contributed by atoms with Crippen LogP contribution >= 0.6 is 11.8 Å². The molecule has 1 atom stereocenters. The summed E-state index contributed by atoms with van der Waals surface area (Å²) in [5.74, 6) is -1.12. The Morgan fingerprint density at radius 3 is 2.93 bits per heavy atom. The van der Waals surface area contributed by atoms with Gasteiger partial charge in [-0.15, -0.1) is 5.10 Å². The van der Waals surface area contributed by atoms with Gasteiger partial charge in [-0.2, -0.15) is 0 Å². The minimum atomic E-state index is -0.739. The van der Waals surface area contributed by atoms with Gasteiger partial charge >= 0.3 is 5.97 Å². The summed E-state index contributed by atoms with van der Waals surface area (Å²) in [4.78, 5) is 22.0. The molecule has 1 fully saturated rings. The molecule has 0 N–H and O–H groups in total. The largest absolute Gasteiger partial charge is 0.459 e. The number of thioether (sulfide) groups is 1. The summed E-state index contributed by atoms with van der Waals surface area (Å²) in [5, 5.41) is 11.5. The predicted octanol–water partition coefficient (Wildman–Crippen LogP) is -0.956. The number of cyclic esters (lactones) is 1. The SMILES string of the molecule is Cn1nnnc1SCC1COC(=O)C1=O. The van der Waals surface area contributed by atoms with E-state index in [2.05, 4.69) is 20.3 Å². The number of nitrogens with zero attached hydrogens (tertiary/aromatic N) is 4. The molecule has 1 aromatic heterocycles. The Labute approximate surface area is 89.2 Å². The van der Waals surface area contributed by atoms with Crippen molar-refractivity contribution in [3.8, 4) is 0 Å². The summed E-state index contributed by atoms with van der Waals surface area (Å²) in [6.45, 7) is 0.163. The van der Waals surface area contributed by atoms with Gasteiger partial charge in [0.05, 0.1) is 5.92 Å². The Morgan fingerprint density at radius 2 is 2.40 bits per heavy atom. The van der Waals surface area contributed by atoms with Crippen LogP contribution in [-0.2, 0) is 21.4 Å². The number of ketones is 1. The van der Waals surface area contributed by atoms with Crippen LogP contribution in [0.3, 0.4) is 0 Å². The lowest BCUT2D eigenvalue weighted by Gasteiger charge is -2.02.